The lowest BCUT2D eigenvalue weighted by Gasteiger charge is -2.18. The van der Waals surface area contributed by atoms with E-state index in [1.54, 1.807) is 25.3 Å². The molecule has 0 aliphatic rings. The van der Waals surface area contributed by atoms with Crippen LogP contribution in [0.15, 0.2) is 53.5 Å². The number of benzene rings is 1. The first kappa shape index (κ1) is 17.4. The van der Waals surface area contributed by atoms with Crippen molar-refractivity contribution < 1.29 is 9.66 Å². The van der Waals surface area contributed by atoms with E-state index in [-0.39, 0.29) is 11.9 Å². The van der Waals surface area contributed by atoms with E-state index in [1.165, 1.54) is 6.20 Å². The molecule has 1 aromatic carbocycles. The van der Waals surface area contributed by atoms with Crippen LogP contribution in [0.4, 0.5) is 11.5 Å². The molecule has 1 unspecified atom stereocenters. The highest BCUT2D eigenvalue weighted by molar-refractivity contribution is 5.60. The summed E-state index contributed by atoms with van der Waals surface area (Å²) in [4.78, 5) is 27.6. The van der Waals surface area contributed by atoms with E-state index < -0.39 is 16.2 Å². The number of nitrogens with zero attached hydrogens (tertiary/aromatic N) is 3. The quantitative estimate of drug-likeness (QED) is 0.539. The summed E-state index contributed by atoms with van der Waals surface area (Å²) in [7, 11) is 1.58. The van der Waals surface area contributed by atoms with Crippen molar-refractivity contribution in [1.82, 2.24) is 9.38 Å². The number of nitrogens with one attached hydrogen (secondary N) is 1. The molecule has 0 saturated carbocycles. The summed E-state index contributed by atoms with van der Waals surface area (Å²) < 4.78 is 6.31. The SMILES string of the molecule is CCC(Nc1nc2ccccn2c(=O)c1[N+](=O)[O-])c1ccc(OC)cc1. The molecule has 134 valence electrons. The van der Waals surface area contributed by atoms with Crippen LogP contribution in [0.5, 0.6) is 5.75 Å². The molecule has 2 aromatic heterocycles. The Balaban J connectivity index is 2.06. The van der Waals surface area contributed by atoms with Gasteiger partial charge >= 0.3 is 11.2 Å². The van der Waals surface area contributed by atoms with Crippen molar-refractivity contribution in [3.8, 4) is 5.75 Å². The molecule has 0 aliphatic heterocycles. The minimum atomic E-state index is -0.715. The maximum Gasteiger partial charge on any atom is 0.376 e. The number of aromatic nitrogens is 2. The van der Waals surface area contributed by atoms with Gasteiger partial charge in [0, 0.05) is 6.20 Å². The van der Waals surface area contributed by atoms with Crippen LogP contribution in [0.25, 0.3) is 5.65 Å². The molecule has 0 bridgehead atoms. The fraction of sp³-hybridized carbons (Fsp3) is 0.222. The largest absolute Gasteiger partial charge is 0.497 e. The third kappa shape index (κ3) is 3.21. The number of hydrogen-bond acceptors (Lipinski definition) is 6. The van der Waals surface area contributed by atoms with Gasteiger partial charge in [-0.1, -0.05) is 25.1 Å². The van der Waals surface area contributed by atoms with Crippen LogP contribution in [0, 0.1) is 10.1 Å². The molecule has 0 radical (unpaired) electrons. The van der Waals surface area contributed by atoms with Crippen molar-refractivity contribution in [3.05, 3.63) is 74.7 Å². The first-order valence-corrected chi connectivity index (χ1v) is 8.11. The van der Waals surface area contributed by atoms with Crippen molar-refractivity contribution in [2.45, 2.75) is 19.4 Å². The molecule has 0 saturated heterocycles. The summed E-state index contributed by atoms with van der Waals surface area (Å²) in [5.74, 6) is 0.686. The smallest absolute Gasteiger partial charge is 0.376 e. The van der Waals surface area contributed by atoms with Crippen molar-refractivity contribution in [2.24, 2.45) is 0 Å². The number of ether oxygens (including phenoxy) is 1. The molecule has 2 heterocycles. The molecule has 0 aliphatic carbocycles. The zero-order valence-electron chi connectivity index (χ0n) is 14.4. The Morgan fingerprint density at radius 2 is 2.00 bits per heavy atom. The molecule has 3 aromatic rings. The third-order valence-electron chi connectivity index (χ3n) is 4.13. The van der Waals surface area contributed by atoms with Crippen molar-refractivity contribution in [1.29, 1.82) is 0 Å². The van der Waals surface area contributed by atoms with E-state index in [0.29, 0.717) is 12.1 Å². The van der Waals surface area contributed by atoms with Crippen molar-refractivity contribution >= 4 is 17.2 Å². The van der Waals surface area contributed by atoms with Gasteiger partial charge in [-0.25, -0.2) is 4.98 Å². The topological polar surface area (TPSA) is 98.8 Å². The number of anilines is 1. The van der Waals surface area contributed by atoms with Crippen LogP contribution in [0.2, 0.25) is 0 Å². The summed E-state index contributed by atoms with van der Waals surface area (Å²) in [5.41, 5.74) is -0.0267. The second-order valence-corrected chi connectivity index (χ2v) is 5.68. The summed E-state index contributed by atoms with van der Waals surface area (Å²) in [5, 5.41) is 14.5. The van der Waals surface area contributed by atoms with Gasteiger partial charge in [-0.2, -0.15) is 0 Å². The molecule has 0 fully saturated rings. The lowest BCUT2D eigenvalue weighted by atomic mass is 10.0. The van der Waals surface area contributed by atoms with Gasteiger partial charge in [-0.15, -0.1) is 0 Å². The molecule has 0 amide bonds. The molecule has 1 atom stereocenters. The van der Waals surface area contributed by atoms with Gasteiger partial charge in [-0.3, -0.25) is 19.3 Å². The van der Waals surface area contributed by atoms with Gasteiger partial charge in [0.25, 0.3) is 0 Å². The van der Waals surface area contributed by atoms with Crippen LogP contribution in [0.3, 0.4) is 0 Å². The van der Waals surface area contributed by atoms with Crippen molar-refractivity contribution in [2.75, 3.05) is 12.4 Å². The highest BCUT2D eigenvalue weighted by atomic mass is 16.6. The standard InChI is InChI=1S/C18H18N4O4/c1-3-14(12-7-9-13(26-2)10-8-12)19-17-16(22(24)25)18(23)21-11-5-4-6-15(21)20-17/h4-11,14,19H,3H2,1-2H3. The van der Waals surface area contributed by atoms with Crippen LogP contribution >= 0.6 is 0 Å². The highest BCUT2D eigenvalue weighted by Gasteiger charge is 2.25. The van der Waals surface area contributed by atoms with Crippen LogP contribution in [0.1, 0.15) is 24.9 Å². The van der Waals surface area contributed by atoms with E-state index in [0.717, 1.165) is 15.7 Å². The second-order valence-electron chi connectivity index (χ2n) is 5.68. The monoisotopic (exact) mass is 354 g/mol. The Labute approximate surface area is 149 Å². The second kappa shape index (κ2) is 7.22. The van der Waals surface area contributed by atoms with Crippen molar-refractivity contribution in [3.63, 3.8) is 0 Å². The number of fused-ring (bicyclic) bond motifs is 1. The predicted octanol–water partition coefficient (Wildman–Crippen LogP) is 3.17. The fourth-order valence-corrected chi connectivity index (χ4v) is 2.77. The number of hydrogen-bond donors (Lipinski definition) is 1. The number of methoxy groups -OCH3 is 1. The molecule has 3 rings (SSSR count). The Bertz CT molecular complexity index is 998. The van der Waals surface area contributed by atoms with Gasteiger partial charge in [-0.05, 0) is 36.2 Å². The fourth-order valence-electron chi connectivity index (χ4n) is 2.77. The predicted molar refractivity (Wildman–Crippen MR) is 97.8 cm³/mol. The number of rotatable bonds is 6. The molecular formula is C18H18N4O4. The zero-order chi connectivity index (χ0) is 18.7. The van der Waals surface area contributed by atoms with Crippen LogP contribution in [-0.4, -0.2) is 21.4 Å². The lowest BCUT2D eigenvalue weighted by molar-refractivity contribution is -0.385. The molecule has 8 heteroatoms. The summed E-state index contributed by atoms with van der Waals surface area (Å²) in [6, 6.07) is 12.1. The van der Waals surface area contributed by atoms with E-state index in [1.807, 2.05) is 31.2 Å². The third-order valence-corrected chi connectivity index (χ3v) is 4.13. The summed E-state index contributed by atoms with van der Waals surface area (Å²) in [6.45, 7) is 1.95. The van der Waals surface area contributed by atoms with Gasteiger partial charge < -0.3 is 10.1 Å². The highest BCUT2D eigenvalue weighted by Crippen LogP contribution is 2.27. The minimum Gasteiger partial charge on any atom is -0.497 e. The first-order valence-electron chi connectivity index (χ1n) is 8.11. The van der Waals surface area contributed by atoms with E-state index in [9.17, 15) is 14.9 Å². The Morgan fingerprint density at radius 3 is 2.62 bits per heavy atom. The molecule has 26 heavy (non-hydrogen) atoms. The maximum absolute atomic E-state index is 12.5. The van der Waals surface area contributed by atoms with E-state index in [4.69, 9.17) is 4.74 Å². The molecule has 8 nitrogen and oxygen atoms in total. The first-order chi connectivity index (χ1) is 12.5. The number of pyridine rings is 1. The molecule has 1 N–H and O–H groups in total. The number of nitro groups is 1. The van der Waals surface area contributed by atoms with Crippen LogP contribution < -0.4 is 15.6 Å². The van der Waals surface area contributed by atoms with Gasteiger partial charge in [0.2, 0.25) is 5.82 Å². The summed E-state index contributed by atoms with van der Waals surface area (Å²) in [6.07, 6.45) is 2.11. The Morgan fingerprint density at radius 1 is 1.27 bits per heavy atom. The van der Waals surface area contributed by atoms with Gasteiger partial charge in [0.05, 0.1) is 18.1 Å². The Hall–Kier alpha value is -3.42. The average Bonchev–Trinajstić information content (AvgIpc) is 2.66. The minimum absolute atomic E-state index is 0.0335. The lowest BCUT2D eigenvalue weighted by Crippen LogP contribution is -2.22. The van der Waals surface area contributed by atoms with Gasteiger partial charge in [0.15, 0.2) is 0 Å². The van der Waals surface area contributed by atoms with E-state index in [2.05, 4.69) is 10.3 Å². The summed E-state index contributed by atoms with van der Waals surface area (Å²) >= 11 is 0. The molecular weight excluding hydrogens is 336 g/mol. The maximum atomic E-state index is 12.5. The Kier molecular flexibility index (Phi) is 4.83. The van der Waals surface area contributed by atoms with Crippen LogP contribution in [-0.2, 0) is 0 Å². The average molecular weight is 354 g/mol. The molecule has 0 spiro atoms. The normalized spacial score (nSPS) is 11.9. The zero-order valence-corrected chi connectivity index (χ0v) is 14.4. The van der Waals surface area contributed by atoms with Gasteiger partial charge in [0.1, 0.15) is 11.4 Å². The van der Waals surface area contributed by atoms with E-state index >= 15 is 0 Å².